The maximum absolute atomic E-state index is 5.82. The van der Waals surface area contributed by atoms with Crippen molar-refractivity contribution in [2.45, 2.75) is 65.7 Å². The Hall–Kier alpha value is -0.0800. The van der Waals surface area contributed by atoms with Gasteiger partial charge in [-0.2, -0.15) is 0 Å². The van der Waals surface area contributed by atoms with Crippen LogP contribution in [0.4, 0.5) is 0 Å². The predicted molar refractivity (Wildman–Crippen MR) is 76.9 cm³/mol. The Kier molecular flexibility index (Phi) is 7.92. The van der Waals surface area contributed by atoms with Crippen molar-refractivity contribution in [3.8, 4) is 0 Å². The van der Waals surface area contributed by atoms with Crippen molar-refractivity contribution >= 4 is 0 Å². The summed E-state index contributed by atoms with van der Waals surface area (Å²) in [5.74, 6) is 0.810. The molecule has 0 aromatic rings. The second-order valence-electron chi connectivity index (χ2n) is 5.72. The fourth-order valence-electron chi connectivity index (χ4n) is 3.45. The van der Waals surface area contributed by atoms with E-state index in [1.807, 2.05) is 0 Å². The van der Waals surface area contributed by atoms with Crippen molar-refractivity contribution in [1.29, 1.82) is 0 Å². The molecule has 1 rings (SSSR count). The zero-order valence-corrected chi connectivity index (χ0v) is 12.7. The van der Waals surface area contributed by atoms with Gasteiger partial charge in [0.1, 0.15) is 0 Å². The van der Waals surface area contributed by atoms with Crippen LogP contribution in [0.25, 0.3) is 0 Å². The SMILES string of the molecule is CCCC(COCC)(COCC)C1CCCCC1. The largest absolute Gasteiger partial charge is 0.381 e. The molecular formula is C16H32O2. The third kappa shape index (κ3) is 4.55. The predicted octanol–water partition coefficient (Wildman–Crippen LogP) is 4.43. The molecule has 1 aliphatic carbocycles. The van der Waals surface area contributed by atoms with Crippen LogP contribution in [0.2, 0.25) is 0 Å². The first-order valence-corrected chi connectivity index (χ1v) is 7.94. The molecule has 0 aromatic heterocycles. The summed E-state index contributed by atoms with van der Waals surface area (Å²) < 4.78 is 11.6. The Morgan fingerprint density at radius 1 is 0.889 bits per heavy atom. The van der Waals surface area contributed by atoms with Crippen LogP contribution >= 0.6 is 0 Å². The average Bonchev–Trinajstić information content (AvgIpc) is 2.43. The van der Waals surface area contributed by atoms with Gasteiger partial charge in [0.05, 0.1) is 13.2 Å². The second kappa shape index (κ2) is 8.92. The molecular weight excluding hydrogens is 224 g/mol. The lowest BCUT2D eigenvalue weighted by Crippen LogP contribution is -2.41. The van der Waals surface area contributed by atoms with Gasteiger partial charge < -0.3 is 9.47 Å². The van der Waals surface area contributed by atoms with Crippen LogP contribution < -0.4 is 0 Å². The van der Waals surface area contributed by atoms with E-state index in [1.54, 1.807) is 0 Å². The topological polar surface area (TPSA) is 18.5 Å². The van der Waals surface area contributed by atoms with Crippen LogP contribution in [-0.2, 0) is 9.47 Å². The van der Waals surface area contributed by atoms with Gasteiger partial charge in [-0.15, -0.1) is 0 Å². The van der Waals surface area contributed by atoms with Gasteiger partial charge >= 0.3 is 0 Å². The van der Waals surface area contributed by atoms with Gasteiger partial charge in [0.25, 0.3) is 0 Å². The lowest BCUT2D eigenvalue weighted by atomic mass is 9.67. The maximum atomic E-state index is 5.82. The molecule has 2 nitrogen and oxygen atoms in total. The van der Waals surface area contributed by atoms with Gasteiger partial charge in [-0.1, -0.05) is 32.6 Å². The van der Waals surface area contributed by atoms with Gasteiger partial charge in [-0.3, -0.25) is 0 Å². The molecule has 0 heterocycles. The Morgan fingerprint density at radius 3 is 1.89 bits per heavy atom. The summed E-state index contributed by atoms with van der Waals surface area (Å²) in [4.78, 5) is 0. The van der Waals surface area contributed by atoms with Gasteiger partial charge in [0.2, 0.25) is 0 Å². The molecule has 0 atom stereocenters. The van der Waals surface area contributed by atoms with E-state index >= 15 is 0 Å². The number of rotatable bonds is 9. The molecule has 1 aliphatic rings. The van der Waals surface area contributed by atoms with Crippen LogP contribution in [-0.4, -0.2) is 26.4 Å². The first-order chi connectivity index (χ1) is 8.79. The fourth-order valence-corrected chi connectivity index (χ4v) is 3.45. The van der Waals surface area contributed by atoms with E-state index < -0.39 is 0 Å². The number of hydrogen-bond donors (Lipinski definition) is 0. The zero-order chi connectivity index (χ0) is 13.3. The van der Waals surface area contributed by atoms with Gasteiger partial charge in [0.15, 0.2) is 0 Å². The van der Waals surface area contributed by atoms with Crippen molar-refractivity contribution < 1.29 is 9.47 Å². The van der Waals surface area contributed by atoms with Gasteiger partial charge in [0, 0.05) is 18.6 Å². The summed E-state index contributed by atoms with van der Waals surface area (Å²) in [5.41, 5.74) is 0.279. The minimum Gasteiger partial charge on any atom is -0.381 e. The molecule has 0 bridgehead atoms. The molecule has 0 spiro atoms. The Morgan fingerprint density at radius 2 is 1.44 bits per heavy atom. The summed E-state index contributed by atoms with van der Waals surface area (Å²) in [5, 5.41) is 0. The smallest absolute Gasteiger partial charge is 0.0547 e. The van der Waals surface area contributed by atoms with Crippen LogP contribution in [0.3, 0.4) is 0 Å². The summed E-state index contributed by atoms with van der Waals surface area (Å²) in [6.45, 7) is 9.91. The molecule has 108 valence electrons. The molecule has 0 radical (unpaired) electrons. The molecule has 1 fully saturated rings. The number of ether oxygens (including phenoxy) is 2. The van der Waals surface area contributed by atoms with Crippen LogP contribution in [0.1, 0.15) is 65.7 Å². The molecule has 0 saturated heterocycles. The molecule has 2 heteroatoms. The highest BCUT2D eigenvalue weighted by Gasteiger charge is 2.38. The van der Waals surface area contributed by atoms with Crippen LogP contribution in [0.15, 0.2) is 0 Å². The first-order valence-electron chi connectivity index (χ1n) is 7.94. The van der Waals surface area contributed by atoms with E-state index in [2.05, 4.69) is 20.8 Å². The van der Waals surface area contributed by atoms with E-state index in [9.17, 15) is 0 Å². The highest BCUT2D eigenvalue weighted by molar-refractivity contribution is 4.88. The van der Waals surface area contributed by atoms with Crippen molar-refractivity contribution in [3.63, 3.8) is 0 Å². The third-order valence-corrected chi connectivity index (χ3v) is 4.41. The van der Waals surface area contributed by atoms with Crippen molar-refractivity contribution in [1.82, 2.24) is 0 Å². The molecule has 1 saturated carbocycles. The first kappa shape index (κ1) is 16.0. The Labute approximate surface area is 113 Å². The van der Waals surface area contributed by atoms with E-state index in [0.29, 0.717) is 0 Å². The summed E-state index contributed by atoms with van der Waals surface area (Å²) in [6.07, 6.45) is 9.44. The second-order valence-corrected chi connectivity index (χ2v) is 5.72. The monoisotopic (exact) mass is 256 g/mol. The van der Waals surface area contributed by atoms with Gasteiger partial charge in [-0.05, 0) is 39.0 Å². The molecule has 18 heavy (non-hydrogen) atoms. The molecule has 0 amide bonds. The average molecular weight is 256 g/mol. The van der Waals surface area contributed by atoms with E-state index in [-0.39, 0.29) is 5.41 Å². The van der Waals surface area contributed by atoms with Crippen molar-refractivity contribution in [2.75, 3.05) is 26.4 Å². The summed E-state index contributed by atoms with van der Waals surface area (Å²) in [6, 6.07) is 0. The highest BCUT2D eigenvalue weighted by Crippen LogP contribution is 2.42. The van der Waals surface area contributed by atoms with Crippen LogP contribution in [0.5, 0.6) is 0 Å². The molecule has 0 N–H and O–H groups in total. The number of hydrogen-bond acceptors (Lipinski definition) is 2. The molecule has 0 unspecified atom stereocenters. The quantitative estimate of drug-likeness (QED) is 0.607. The summed E-state index contributed by atoms with van der Waals surface area (Å²) in [7, 11) is 0. The fraction of sp³-hybridized carbons (Fsp3) is 1.00. The third-order valence-electron chi connectivity index (χ3n) is 4.41. The van der Waals surface area contributed by atoms with E-state index in [4.69, 9.17) is 9.47 Å². The van der Waals surface area contributed by atoms with Crippen molar-refractivity contribution in [3.05, 3.63) is 0 Å². The summed E-state index contributed by atoms with van der Waals surface area (Å²) >= 11 is 0. The Bertz CT molecular complexity index is 189. The normalized spacial score (nSPS) is 18.2. The standard InChI is InChI=1S/C16H32O2/c1-4-12-16(13-17-5-2,14-18-6-3)15-10-8-7-9-11-15/h15H,4-14H2,1-3H3. The van der Waals surface area contributed by atoms with Gasteiger partial charge in [-0.25, -0.2) is 0 Å². The minimum absolute atomic E-state index is 0.279. The van der Waals surface area contributed by atoms with E-state index in [1.165, 1.54) is 44.9 Å². The molecule has 0 aromatic carbocycles. The highest BCUT2D eigenvalue weighted by atomic mass is 16.5. The van der Waals surface area contributed by atoms with Crippen molar-refractivity contribution in [2.24, 2.45) is 11.3 Å². The Balaban J connectivity index is 2.71. The minimum atomic E-state index is 0.279. The van der Waals surface area contributed by atoms with E-state index in [0.717, 1.165) is 32.3 Å². The lowest BCUT2D eigenvalue weighted by molar-refractivity contribution is -0.0655. The van der Waals surface area contributed by atoms with Crippen LogP contribution in [0, 0.1) is 11.3 Å². The molecule has 0 aliphatic heterocycles. The lowest BCUT2D eigenvalue weighted by Gasteiger charge is -2.42. The maximum Gasteiger partial charge on any atom is 0.0547 e. The zero-order valence-electron chi connectivity index (χ0n) is 12.7.